The molecule has 8 heteroatoms. The Morgan fingerprint density at radius 3 is 2.87 bits per heavy atom. The third-order valence-electron chi connectivity index (χ3n) is 6.36. The van der Waals surface area contributed by atoms with Crippen molar-refractivity contribution in [3.8, 4) is 0 Å². The van der Waals surface area contributed by atoms with E-state index in [4.69, 9.17) is 4.52 Å². The number of nitrogens with one attached hydrogen (secondary N) is 1. The van der Waals surface area contributed by atoms with E-state index in [0.717, 1.165) is 29.1 Å². The third-order valence-corrected chi connectivity index (χ3v) is 6.36. The highest BCUT2D eigenvalue weighted by Gasteiger charge is 2.37. The second-order valence-electron chi connectivity index (χ2n) is 8.91. The molecule has 162 valence electrons. The molecular formula is C23H27N5O3. The van der Waals surface area contributed by atoms with Gasteiger partial charge in [0.1, 0.15) is 5.76 Å². The quantitative estimate of drug-likeness (QED) is 0.683. The van der Waals surface area contributed by atoms with Crippen LogP contribution in [-0.4, -0.2) is 50.6 Å². The van der Waals surface area contributed by atoms with Crippen molar-refractivity contribution in [2.45, 2.75) is 38.9 Å². The number of aromatic amines is 1. The van der Waals surface area contributed by atoms with Gasteiger partial charge in [0.25, 0.3) is 11.5 Å². The molecular weight excluding hydrogens is 394 g/mol. The first-order valence-corrected chi connectivity index (χ1v) is 10.7. The molecule has 2 aliphatic heterocycles. The van der Waals surface area contributed by atoms with Crippen molar-refractivity contribution in [1.29, 1.82) is 0 Å². The van der Waals surface area contributed by atoms with E-state index in [1.807, 2.05) is 41.6 Å². The highest BCUT2D eigenvalue weighted by atomic mass is 16.5. The zero-order valence-electron chi connectivity index (χ0n) is 17.9. The molecule has 0 spiro atoms. The fraction of sp³-hybridized carbons (Fsp3) is 0.435. The van der Waals surface area contributed by atoms with Gasteiger partial charge in [0.05, 0.1) is 11.3 Å². The summed E-state index contributed by atoms with van der Waals surface area (Å²) in [6.07, 6.45) is 4.55. The van der Waals surface area contributed by atoms with Crippen molar-refractivity contribution in [3.63, 3.8) is 0 Å². The summed E-state index contributed by atoms with van der Waals surface area (Å²) in [4.78, 5) is 33.0. The van der Waals surface area contributed by atoms with Crippen LogP contribution >= 0.6 is 0 Å². The Bertz CT molecular complexity index is 1150. The van der Waals surface area contributed by atoms with Gasteiger partial charge in [-0.1, -0.05) is 11.2 Å². The Balaban J connectivity index is 1.33. The maximum atomic E-state index is 13.3. The molecule has 5 heterocycles. The molecule has 31 heavy (non-hydrogen) atoms. The number of carbonyl (C=O) groups excluding carboxylic acids is 1. The number of amides is 1. The maximum absolute atomic E-state index is 13.3. The van der Waals surface area contributed by atoms with Crippen molar-refractivity contribution in [2.24, 2.45) is 5.92 Å². The number of nitrogens with zero attached hydrogens (tertiary/aromatic N) is 4. The summed E-state index contributed by atoms with van der Waals surface area (Å²) in [6, 6.07) is 7.76. The molecule has 0 aliphatic carbocycles. The van der Waals surface area contributed by atoms with E-state index in [9.17, 15) is 9.59 Å². The summed E-state index contributed by atoms with van der Waals surface area (Å²) >= 11 is 0. The third kappa shape index (κ3) is 3.83. The summed E-state index contributed by atoms with van der Waals surface area (Å²) in [5, 5.41) is 4.03. The molecule has 3 aromatic rings. The number of rotatable bonds is 5. The summed E-state index contributed by atoms with van der Waals surface area (Å²) in [5.41, 5.74) is 3.47. The van der Waals surface area contributed by atoms with Gasteiger partial charge >= 0.3 is 0 Å². The lowest BCUT2D eigenvalue weighted by Crippen LogP contribution is -2.49. The minimum absolute atomic E-state index is 0.0630. The largest absolute Gasteiger partial charge is 0.367 e. The normalized spacial score (nSPS) is 20.2. The van der Waals surface area contributed by atoms with Gasteiger partial charge in [-0.05, 0) is 38.4 Å². The predicted molar refractivity (Wildman–Crippen MR) is 115 cm³/mol. The maximum Gasteiger partial charge on any atom is 0.255 e. The lowest BCUT2D eigenvalue weighted by molar-refractivity contribution is 0.0594. The van der Waals surface area contributed by atoms with Crippen LogP contribution in [0.25, 0.3) is 0 Å². The van der Waals surface area contributed by atoms with Crippen LogP contribution in [0.15, 0.2) is 46.0 Å². The van der Waals surface area contributed by atoms with Gasteiger partial charge < -0.3 is 19.0 Å². The van der Waals surface area contributed by atoms with Crippen LogP contribution in [0.1, 0.15) is 45.4 Å². The zero-order valence-corrected chi connectivity index (χ0v) is 17.9. The Labute approximate surface area is 180 Å². The molecule has 1 N–H and O–H groups in total. The van der Waals surface area contributed by atoms with Crippen molar-refractivity contribution in [2.75, 3.05) is 20.1 Å². The summed E-state index contributed by atoms with van der Waals surface area (Å²) in [6.45, 7) is 5.07. The predicted octanol–water partition coefficient (Wildman–Crippen LogP) is 2.36. The van der Waals surface area contributed by atoms with E-state index in [-0.39, 0.29) is 17.4 Å². The number of H-pyrrole nitrogens is 1. The first-order valence-electron chi connectivity index (χ1n) is 10.7. The van der Waals surface area contributed by atoms with Gasteiger partial charge in [-0.15, -0.1) is 0 Å². The highest BCUT2D eigenvalue weighted by molar-refractivity contribution is 5.94. The van der Waals surface area contributed by atoms with E-state index in [2.05, 4.69) is 21.1 Å². The summed E-state index contributed by atoms with van der Waals surface area (Å²) in [5.74, 6) is 1.35. The van der Waals surface area contributed by atoms with E-state index in [1.165, 1.54) is 0 Å². The molecule has 1 amide bonds. The molecule has 0 saturated carbocycles. The number of hydrogen-bond donors (Lipinski definition) is 1. The number of piperidine rings is 1. The van der Waals surface area contributed by atoms with E-state index in [1.54, 1.807) is 12.4 Å². The number of likely N-dealkylation sites (tertiary alicyclic amines) is 1. The highest BCUT2D eigenvalue weighted by Crippen LogP contribution is 2.35. The number of fused-ring (bicyclic) bond motifs is 4. The molecule has 0 unspecified atom stereocenters. The number of aryl methyl sites for hydroxylation is 1. The van der Waals surface area contributed by atoms with Gasteiger partial charge in [0, 0.05) is 68.4 Å². The van der Waals surface area contributed by atoms with E-state index < -0.39 is 0 Å². The molecule has 5 rings (SSSR count). The van der Waals surface area contributed by atoms with Crippen molar-refractivity contribution < 1.29 is 9.32 Å². The number of aromatic nitrogens is 3. The lowest BCUT2D eigenvalue weighted by atomic mass is 9.82. The van der Waals surface area contributed by atoms with Crippen molar-refractivity contribution in [1.82, 2.24) is 24.5 Å². The van der Waals surface area contributed by atoms with Gasteiger partial charge in [-0.25, -0.2) is 0 Å². The van der Waals surface area contributed by atoms with Gasteiger partial charge in [0.2, 0.25) is 0 Å². The van der Waals surface area contributed by atoms with Crippen LogP contribution in [0.5, 0.6) is 0 Å². The Hall–Kier alpha value is -3.13. The molecule has 3 aromatic heterocycles. The van der Waals surface area contributed by atoms with Crippen molar-refractivity contribution in [3.05, 3.63) is 75.3 Å². The molecule has 0 aromatic carbocycles. The fourth-order valence-corrected chi connectivity index (χ4v) is 5.03. The number of hydrogen-bond acceptors (Lipinski definition) is 5. The van der Waals surface area contributed by atoms with Crippen LogP contribution in [0, 0.1) is 12.8 Å². The monoisotopic (exact) mass is 421 g/mol. The number of pyridine rings is 1. The lowest BCUT2D eigenvalue weighted by Gasteiger charge is -2.43. The van der Waals surface area contributed by atoms with Crippen LogP contribution < -0.4 is 5.56 Å². The molecule has 0 radical (unpaired) electrons. The molecule has 2 atom stereocenters. The number of carbonyl (C=O) groups is 1. The molecule has 1 saturated heterocycles. The Kier molecular flexibility index (Phi) is 5.02. The van der Waals surface area contributed by atoms with Crippen LogP contribution in [-0.2, 0) is 19.6 Å². The average Bonchev–Trinajstić information content (AvgIpc) is 3.42. The van der Waals surface area contributed by atoms with Crippen molar-refractivity contribution >= 4 is 5.91 Å². The minimum atomic E-state index is 0.0630. The van der Waals surface area contributed by atoms with Gasteiger partial charge in [-0.2, -0.15) is 0 Å². The second kappa shape index (κ2) is 7.85. The smallest absolute Gasteiger partial charge is 0.255 e. The molecule has 2 bridgehead atoms. The first-order chi connectivity index (χ1) is 15.0. The fourth-order valence-electron chi connectivity index (χ4n) is 5.03. The average molecular weight is 422 g/mol. The van der Waals surface area contributed by atoms with Gasteiger partial charge in [-0.3, -0.25) is 14.5 Å². The molecule has 8 nitrogen and oxygen atoms in total. The minimum Gasteiger partial charge on any atom is -0.367 e. The first kappa shape index (κ1) is 19.8. The molecule has 1 fully saturated rings. The SMILES string of the molecule is Cc1cc(CN(C)Cc2ccc3n(c2=O)C[C@H]2C[C@@H]3CN(C(=O)c3cc[nH]c3)C2)no1. The van der Waals surface area contributed by atoms with Crippen LogP contribution in [0.4, 0.5) is 0 Å². The summed E-state index contributed by atoms with van der Waals surface area (Å²) < 4.78 is 7.08. The molecule has 2 aliphatic rings. The van der Waals surface area contributed by atoms with Crippen LogP contribution in [0.2, 0.25) is 0 Å². The van der Waals surface area contributed by atoms with E-state index >= 15 is 0 Å². The Morgan fingerprint density at radius 2 is 2.13 bits per heavy atom. The second-order valence-corrected chi connectivity index (χ2v) is 8.91. The Morgan fingerprint density at radius 1 is 1.26 bits per heavy atom. The van der Waals surface area contributed by atoms with Crippen LogP contribution in [0.3, 0.4) is 0 Å². The summed E-state index contributed by atoms with van der Waals surface area (Å²) in [7, 11) is 1.98. The topological polar surface area (TPSA) is 87.4 Å². The standard InChI is InChI=1S/C23H27N5O3/c1-15-7-20(25-31-15)14-26(2)12-18-3-4-21-19-8-16(11-28(21)23(18)30)10-27(13-19)22(29)17-5-6-24-9-17/h3-7,9,16,19,24H,8,10-14H2,1-2H3/t16-,19+/m0/s1. The zero-order chi connectivity index (χ0) is 21.5. The van der Waals surface area contributed by atoms with Gasteiger partial charge in [0.15, 0.2) is 0 Å². The van der Waals surface area contributed by atoms with E-state index in [0.29, 0.717) is 44.2 Å².